The van der Waals surface area contributed by atoms with E-state index in [4.69, 9.17) is 33.3 Å². The van der Waals surface area contributed by atoms with Gasteiger partial charge in [-0.15, -0.1) is 0 Å². The Morgan fingerprint density at radius 3 is 2.48 bits per heavy atom. The Kier molecular flexibility index (Phi) is 3.81. The van der Waals surface area contributed by atoms with Crippen LogP contribution in [-0.4, -0.2) is 11.9 Å². The molecule has 0 spiro atoms. The number of ether oxygens (including phenoxy) is 2. The van der Waals surface area contributed by atoms with E-state index in [1.807, 2.05) is 6.07 Å². The minimum atomic E-state index is -0.475. The van der Waals surface area contributed by atoms with E-state index >= 15 is 0 Å². The molecule has 1 heterocycles. The van der Waals surface area contributed by atoms with Crippen molar-refractivity contribution in [3.8, 4) is 11.5 Å². The lowest BCUT2D eigenvalue weighted by atomic mass is 10.3. The van der Waals surface area contributed by atoms with Crippen LogP contribution in [0.2, 0.25) is 5.02 Å². The van der Waals surface area contributed by atoms with E-state index in [0.29, 0.717) is 22.3 Å². The van der Waals surface area contributed by atoms with Gasteiger partial charge in [-0.1, -0.05) is 11.6 Å². The molecule has 0 unspecified atom stereocenters. The Morgan fingerprint density at radius 1 is 1.05 bits per heavy atom. The third kappa shape index (κ3) is 3.17. The average molecular weight is 325 g/mol. The molecule has 4 nitrogen and oxygen atoms in total. The van der Waals surface area contributed by atoms with E-state index in [-0.39, 0.29) is 11.8 Å². The van der Waals surface area contributed by atoms with Gasteiger partial charge < -0.3 is 20.1 Å². The molecule has 0 saturated heterocycles. The van der Waals surface area contributed by atoms with E-state index in [1.54, 1.807) is 18.2 Å². The first-order valence-electron chi connectivity index (χ1n) is 6.04. The smallest absolute Gasteiger partial charge is 0.231 e. The number of fused-ring (bicyclic) bond motifs is 1. The van der Waals surface area contributed by atoms with Crippen LogP contribution in [0.3, 0.4) is 0 Å². The molecule has 0 atom stereocenters. The molecular formula is C14H10ClFN2O2S. The zero-order chi connectivity index (χ0) is 14.8. The summed E-state index contributed by atoms with van der Waals surface area (Å²) in [6.07, 6.45) is 0. The highest BCUT2D eigenvalue weighted by atomic mass is 35.5. The van der Waals surface area contributed by atoms with Crippen LogP contribution in [0.1, 0.15) is 0 Å². The van der Waals surface area contributed by atoms with Crippen LogP contribution in [0, 0.1) is 5.82 Å². The van der Waals surface area contributed by atoms with Gasteiger partial charge in [0.25, 0.3) is 0 Å². The number of halogens is 2. The molecule has 7 heteroatoms. The Labute approximate surface area is 130 Å². The van der Waals surface area contributed by atoms with Crippen molar-refractivity contribution >= 4 is 40.3 Å². The molecule has 1 aliphatic heterocycles. The Balaban J connectivity index is 1.67. The summed E-state index contributed by atoms with van der Waals surface area (Å²) in [5.74, 6) is 0.884. The highest BCUT2D eigenvalue weighted by molar-refractivity contribution is 7.80. The van der Waals surface area contributed by atoms with Crippen LogP contribution in [0.4, 0.5) is 15.8 Å². The van der Waals surface area contributed by atoms with Gasteiger partial charge in [0.15, 0.2) is 16.6 Å². The topological polar surface area (TPSA) is 42.5 Å². The van der Waals surface area contributed by atoms with Gasteiger partial charge in [-0.25, -0.2) is 4.39 Å². The number of hydrogen-bond donors (Lipinski definition) is 2. The van der Waals surface area contributed by atoms with E-state index in [2.05, 4.69) is 10.6 Å². The average Bonchev–Trinajstić information content (AvgIpc) is 2.90. The minimum absolute atomic E-state index is 0.0332. The van der Waals surface area contributed by atoms with Crippen LogP contribution in [-0.2, 0) is 0 Å². The highest BCUT2D eigenvalue weighted by Crippen LogP contribution is 2.34. The first-order chi connectivity index (χ1) is 10.1. The van der Waals surface area contributed by atoms with Crippen molar-refractivity contribution in [2.45, 2.75) is 0 Å². The SMILES string of the molecule is Fc1ccc(NC(=S)Nc2ccc3c(c2)OCO3)cc1Cl. The summed E-state index contributed by atoms with van der Waals surface area (Å²) in [7, 11) is 0. The molecule has 2 aromatic rings. The molecule has 108 valence electrons. The summed E-state index contributed by atoms with van der Waals surface area (Å²) in [6, 6.07) is 9.68. The molecule has 0 amide bonds. The number of hydrogen-bond acceptors (Lipinski definition) is 3. The van der Waals surface area contributed by atoms with E-state index in [9.17, 15) is 4.39 Å². The monoisotopic (exact) mass is 324 g/mol. The Morgan fingerprint density at radius 2 is 1.71 bits per heavy atom. The summed E-state index contributed by atoms with van der Waals surface area (Å²) in [5, 5.41) is 6.32. The van der Waals surface area contributed by atoms with Crippen molar-refractivity contribution in [2.75, 3.05) is 17.4 Å². The third-order valence-electron chi connectivity index (χ3n) is 2.81. The summed E-state index contributed by atoms with van der Waals surface area (Å²) in [6.45, 7) is 0.218. The van der Waals surface area contributed by atoms with E-state index < -0.39 is 5.82 Å². The van der Waals surface area contributed by atoms with Crippen LogP contribution in [0.15, 0.2) is 36.4 Å². The predicted molar refractivity (Wildman–Crippen MR) is 83.8 cm³/mol. The van der Waals surface area contributed by atoms with Gasteiger partial charge in [0.1, 0.15) is 5.82 Å². The molecule has 3 rings (SSSR count). The molecule has 0 saturated carbocycles. The number of anilines is 2. The molecule has 0 fully saturated rings. The molecule has 0 aliphatic carbocycles. The summed E-state index contributed by atoms with van der Waals surface area (Å²) >= 11 is 10.9. The van der Waals surface area contributed by atoms with Crippen LogP contribution >= 0.6 is 23.8 Å². The van der Waals surface area contributed by atoms with Gasteiger partial charge >= 0.3 is 0 Å². The molecule has 1 aliphatic rings. The molecule has 0 bridgehead atoms. The lowest BCUT2D eigenvalue weighted by Crippen LogP contribution is -2.19. The van der Waals surface area contributed by atoms with Gasteiger partial charge in [0, 0.05) is 17.4 Å². The van der Waals surface area contributed by atoms with E-state index in [0.717, 1.165) is 5.69 Å². The first kappa shape index (κ1) is 13.9. The maximum absolute atomic E-state index is 13.1. The molecular weight excluding hydrogens is 315 g/mol. The maximum atomic E-state index is 13.1. The molecule has 2 N–H and O–H groups in total. The quantitative estimate of drug-likeness (QED) is 0.817. The van der Waals surface area contributed by atoms with Gasteiger partial charge in [-0.2, -0.15) is 0 Å². The van der Waals surface area contributed by atoms with Crippen LogP contribution in [0.25, 0.3) is 0 Å². The fraction of sp³-hybridized carbons (Fsp3) is 0.0714. The first-order valence-corrected chi connectivity index (χ1v) is 6.83. The predicted octanol–water partition coefficient (Wildman–Crippen LogP) is 4.02. The van der Waals surface area contributed by atoms with Crippen LogP contribution < -0.4 is 20.1 Å². The highest BCUT2D eigenvalue weighted by Gasteiger charge is 2.13. The second kappa shape index (κ2) is 5.75. The van der Waals surface area contributed by atoms with Crippen molar-refractivity contribution in [1.82, 2.24) is 0 Å². The Bertz CT molecular complexity index is 711. The number of rotatable bonds is 2. The molecule has 0 radical (unpaired) electrons. The largest absolute Gasteiger partial charge is 0.454 e. The number of benzene rings is 2. The lowest BCUT2D eigenvalue weighted by molar-refractivity contribution is 0.174. The van der Waals surface area contributed by atoms with Gasteiger partial charge in [0.2, 0.25) is 6.79 Å². The van der Waals surface area contributed by atoms with Crippen molar-refractivity contribution in [3.05, 3.63) is 47.2 Å². The zero-order valence-corrected chi connectivity index (χ0v) is 12.2. The van der Waals surface area contributed by atoms with Crippen molar-refractivity contribution in [3.63, 3.8) is 0 Å². The lowest BCUT2D eigenvalue weighted by Gasteiger charge is -2.11. The molecule has 2 aromatic carbocycles. The fourth-order valence-electron chi connectivity index (χ4n) is 1.84. The Hall–Kier alpha value is -2.05. The maximum Gasteiger partial charge on any atom is 0.231 e. The van der Waals surface area contributed by atoms with Crippen molar-refractivity contribution in [2.24, 2.45) is 0 Å². The standard InChI is InChI=1S/C14H10ClFN2O2S/c15-10-5-8(1-3-11(10)16)17-14(21)18-9-2-4-12-13(6-9)20-7-19-12/h1-6H,7H2,(H2,17,18,21). The third-order valence-corrected chi connectivity index (χ3v) is 3.30. The second-order valence-electron chi connectivity index (χ2n) is 4.28. The minimum Gasteiger partial charge on any atom is -0.454 e. The summed E-state index contributed by atoms with van der Waals surface area (Å²) in [5.41, 5.74) is 1.35. The van der Waals surface area contributed by atoms with Crippen molar-refractivity contribution in [1.29, 1.82) is 0 Å². The van der Waals surface area contributed by atoms with Crippen LogP contribution in [0.5, 0.6) is 11.5 Å². The number of thiocarbonyl (C=S) groups is 1. The molecule has 0 aromatic heterocycles. The number of nitrogens with one attached hydrogen (secondary N) is 2. The fourth-order valence-corrected chi connectivity index (χ4v) is 2.26. The van der Waals surface area contributed by atoms with Gasteiger partial charge in [-0.05, 0) is 42.5 Å². The normalized spacial score (nSPS) is 12.1. The summed E-state index contributed by atoms with van der Waals surface area (Å²) < 4.78 is 23.6. The second-order valence-corrected chi connectivity index (χ2v) is 5.09. The summed E-state index contributed by atoms with van der Waals surface area (Å²) in [4.78, 5) is 0. The van der Waals surface area contributed by atoms with Crippen molar-refractivity contribution < 1.29 is 13.9 Å². The molecule has 21 heavy (non-hydrogen) atoms. The zero-order valence-electron chi connectivity index (χ0n) is 10.7. The van der Waals surface area contributed by atoms with E-state index in [1.165, 1.54) is 12.1 Å². The van der Waals surface area contributed by atoms with Gasteiger partial charge in [0.05, 0.1) is 5.02 Å². The van der Waals surface area contributed by atoms with Gasteiger partial charge in [-0.3, -0.25) is 0 Å².